The molecule has 4 nitrogen and oxygen atoms in total. The van der Waals surface area contributed by atoms with Gasteiger partial charge in [-0.05, 0) is 39.7 Å². The lowest BCUT2D eigenvalue weighted by molar-refractivity contribution is -0.122. The van der Waals surface area contributed by atoms with Gasteiger partial charge in [0.1, 0.15) is 0 Å². The zero-order chi connectivity index (χ0) is 12.7. The van der Waals surface area contributed by atoms with E-state index in [1.54, 1.807) is 7.11 Å². The average Bonchev–Trinajstić information content (AvgIpc) is 2.35. The Balaban J connectivity index is 2.12. The van der Waals surface area contributed by atoms with Gasteiger partial charge in [0, 0.05) is 26.1 Å². The first-order chi connectivity index (χ1) is 8.03. The third-order valence-corrected chi connectivity index (χ3v) is 3.40. The number of amides is 1. The monoisotopic (exact) mass is 242 g/mol. The van der Waals surface area contributed by atoms with Crippen molar-refractivity contribution >= 4 is 5.91 Å². The van der Waals surface area contributed by atoms with E-state index in [1.165, 1.54) is 19.3 Å². The van der Waals surface area contributed by atoms with Gasteiger partial charge in [0.15, 0.2) is 0 Å². The molecule has 0 radical (unpaired) electrons. The highest BCUT2D eigenvalue weighted by atomic mass is 16.5. The van der Waals surface area contributed by atoms with Gasteiger partial charge < -0.3 is 15.4 Å². The van der Waals surface area contributed by atoms with Crippen LogP contribution in [0.2, 0.25) is 0 Å². The molecule has 1 rings (SSSR count). The fourth-order valence-electron chi connectivity index (χ4n) is 1.95. The van der Waals surface area contributed by atoms with Crippen LogP contribution in [0.1, 0.15) is 46.0 Å². The summed E-state index contributed by atoms with van der Waals surface area (Å²) in [4.78, 5) is 11.7. The molecule has 2 N–H and O–H groups in total. The molecule has 100 valence electrons. The highest BCUT2D eigenvalue weighted by molar-refractivity contribution is 5.75. The smallest absolute Gasteiger partial charge is 0.220 e. The van der Waals surface area contributed by atoms with Crippen molar-refractivity contribution in [3.05, 3.63) is 0 Å². The van der Waals surface area contributed by atoms with E-state index in [0.29, 0.717) is 19.0 Å². The minimum atomic E-state index is -0.279. The molecule has 0 aromatic carbocycles. The zero-order valence-electron chi connectivity index (χ0n) is 11.3. The third kappa shape index (κ3) is 6.03. The number of methoxy groups -OCH3 is 1. The maximum Gasteiger partial charge on any atom is 0.220 e. The molecule has 0 aliphatic carbocycles. The van der Waals surface area contributed by atoms with Gasteiger partial charge in [0.25, 0.3) is 0 Å². The van der Waals surface area contributed by atoms with E-state index in [9.17, 15) is 4.79 Å². The predicted molar refractivity (Wildman–Crippen MR) is 69.0 cm³/mol. The Bertz CT molecular complexity index is 236. The molecule has 1 unspecified atom stereocenters. The van der Waals surface area contributed by atoms with Gasteiger partial charge in [0.2, 0.25) is 5.91 Å². The Kier molecular flexibility index (Phi) is 5.92. The SMILES string of the molecule is COC(C)(C)CNC(=O)CCC1CCCCN1. The van der Waals surface area contributed by atoms with Gasteiger partial charge in [0.05, 0.1) is 5.60 Å². The summed E-state index contributed by atoms with van der Waals surface area (Å²) in [5, 5.41) is 6.37. The highest BCUT2D eigenvalue weighted by Crippen LogP contribution is 2.11. The average molecular weight is 242 g/mol. The van der Waals surface area contributed by atoms with Crippen LogP contribution in [0.5, 0.6) is 0 Å². The number of ether oxygens (including phenoxy) is 1. The Morgan fingerprint density at radius 1 is 1.47 bits per heavy atom. The molecule has 1 aliphatic heterocycles. The largest absolute Gasteiger partial charge is 0.377 e. The summed E-state index contributed by atoms with van der Waals surface area (Å²) in [7, 11) is 1.66. The van der Waals surface area contributed by atoms with E-state index in [-0.39, 0.29) is 11.5 Å². The lowest BCUT2D eigenvalue weighted by atomic mass is 10.0. The van der Waals surface area contributed by atoms with Crippen LogP contribution in [0.3, 0.4) is 0 Å². The molecule has 0 saturated carbocycles. The summed E-state index contributed by atoms with van der Waals surface area (Å²) in [5.41, 5.74) is -0.279. The van der Waals surface area contributed by atoms with Gasteiger partial charge >= 0.3 is 0 Å². The van der Waals surface area contributed by atoms with E-state index in [1.807, 2.05) is 13.8 Å². The van der Waals surface area contributed by atoms with Crippen LogP contribution in [0, 0.1) is 0 Å². The molecule has 4 heteroatoms. The fourth-order valence-corrected chi connectivity index (χ4v) is 1.95. The lowest BCUT2D eigenvalue weighted by Crippen LogP contribution is -2.40. The van der Waals surface area contributed by atoms with Crippen molar-refractivity contribution in [1.82, 2.24) is 10.6 Å². The molecule has 17 heavy (non-hydrogen) atoms. The van der Waals surface area contributed by atoms with Crippen LogP contribution >= 0.6 is 0 Å². The van der Waals surface area contributed by atoms with Gasteiger partial charge in [-0.3, -0.25) is 4.79 Å². The molecular formula is C13H26N2O2. The Labute approximate surface area is 104 Å². The molecule has 1 saturated heterocycles. The molecule has 0 spiro atoms. The molecule has 0 aromatic heterocycles. The van der Waals surface area contributed by atoms with E-state index in [2.05, 4.69) is 10.6 Å². The van der Waals surface area contributed by atoms with Crippen LogP contribution in [0.25, 0.3) is 0 Å². The number of hydrogen-bond donors (Lipinski definition) is 2. The highest BCUT2D eigenvalue weighted by Gasteiger charge is 2.18. The molecule has 1 aliphatic rings. The van der Waals surface area contributed by atoms with Gasteiger partial charge in [-0.1, -0.05) is 6.42 Å². The van der Waals surface area contributed by atoms with Crippen LogP contribution in [0.15, 0.2) is 0 Å². The van der Waals surface area contributed by atoms with E-state index >= 15 is 0 Å². The second kappa shape index (κ2) is 6.97. The van der Waals surface area contributed by atoms with Crippen LogP contribution < -0.4 is 10.6 Å². The minimum Gasteiger partial charge on any atom is -0.377 e. The predicted octanol–water partition coefficient (Wildman–Crippen LogP) is 1.45. The van der Waals surface area contributed by atoms with Crippen LogP contribution in [-0.4, -0.2) is 37.7 Å². The van der Waals surface area contributed by atoms with Crippen molar-refractivity contribution < 1.29 is 9.53 Å². The molecule has 1 fully saturated rings. The Morgan fingerprint density at radius 2 is 2.24 bits per heavy atom. The first-order valence-corrected chi connectivity index (χ1v) is 6.59. The van der Waals surface area contributed by atoms with E-state index < -0.39 is 0 Å². The first kappa shape index (κ1) is 14.5. The minimum absolute atomic E-state index is 0.127. The molecule has 0 bridgehead atoms. The summed E-state index contributed by atoms with van der Waals surface area (Å²) in [6, 6.07) is 0.532. The number of piperidine rings is 1. The van der Waals surface area contributed by atoms with Gasteiger partial charge in [-0.15, -0.1) is 0 Å². The number of nitrogens with one attached hydrogen (secondary N) is 2. The van der Waals surface area contributed by atoms with Crippen LogP contribution in [0.4, 0.5) is 0 Å². The summed E-state index contributed by atoms with van der Waals surface area (Å²) >= 11 is 0. The summed E-state index contributed by atoms with van der Waals surface area (Å²) in [5.74, 6) is 0.127. The number of rotatable bonds is 6. The van der Waals surface area contributed by atoms with Crippen molar-refractivity contribution in [2.24, 2.45) is 0 Å². The Morgan fingerprint density at radius 3 is 2.82 bits per heavy atom. The Hall–Kier alpha value is -0.610. The van der Waals surface area contributed by atoms with Crippen molar-refractivity contribution in [2.75, 3.05) is 20.2 Å². The molecule has 1 amide bonds. The van der Waals surface area contributed by atoms with Crippen molar-refractivity contribution in [2.45, 2.75) is 57.6 Å². The maximum atomic E-state index is 11.7. The molecule has 1 atom stereocenters. The van der Waals surface area contributed by atoms with E-state index in [4.69, 9.17) is 4.74 Å². The third-order valence-electron chi connectivity index (χ3n) is 3.40. The van der Waals surface area contributed by atoms with E-state index in [0.717, 1.165) is 13.0 Å². The second-order valence-electron chi connectivity index (χ2n) is 5.43. The van der Waals surface area contributed by atoms with Crippen molar-refractivity contribution in [3.63, 3.8) is 0 Å². The molecule has 0 aromatic rings. The molecular weight excluding hydrogens is 216 g/mol. The first-order valence-electron chi connectivity index (χ1n) is 6.59. The number of carbonyl (C=O) groups excluding carboxylic acids is 1. The quantitative estimate of drug-likeness (QED) is 0.741. The van der Waals surface area contributed by atoms with Gasteiger partial charge in [-0.2, -0.15) is 0 Å². The summed E-state index contributed by atoms with van der Waals surface area (Å²) in [6.45, 7) is 5.61. The maximum absolute atomic E-state index is 11.7. The summed E-state index contributed by atoms with van der Waals surface area (Å²) < 4.78 is 5.26. The lowest BCUT2D eigenvalue weighted by Gasteiger charge is -2.25. The van der Waals surface area contributed by atoms with Crippen LogP contribution in [-0.2, 0) is 9.53 Å². The number of carbonyl (C=O) groups is 1. The fraction of sp³-hybridized carbons (Fsp3) is 0.923. The standard InChI is InChI=1S/C13H26N2O2/c1-13(2,17-3)10-15-12(16)8-7-11-6-4-5-9-14-11/h11,14H,4-10H2,1-3H3,(H,15,16). The summed E-state index contributed by atoms with van der Waals surface area (Å²) in [6.07, 6.45) is 5.31. The van der Waals surface area contributed by atoms with Gasteiger partial charge in [-0.25, -0.2) is 0 Å². The second-order valence-corrected chi connectivity index (χ2v) is 5.43. The normalized spacial score (nSPS) is 21.2. The van der Waals surface area contributed by atoms with Crippen molar-refractivity contribution in [1.29, 1.82) is 0 Å². The van der Waals surface area contributed by atoms with Crippen molar-refractivity contribution in [3.8, 4) is 0 Å². The topological polar surface area (TPSA) is 50.4 Å². The number of hydrogen-bond acceptors (Lipinski definition) is 3. The zero-order valence-corrected chi connectivity index (χ0v) is 11.3. The molecule has 1 heterocycles.